The largest absolute Gasteiger partial charge is 0.492 e. The average molecular weight is 243 g/mol. The number of ether oxygens (including phenoxy) is 1. The maximum atomic E-state index is 6.14. The van der Waals surface area contributed by atoms with Gasteiger partial charge in [-0.2, -0.15) is 0 Å². The van der Waals surface area contributed by atoms with Gasteiger partial charge in [-0.25, -0.2) is 0 Å². The fourth-order valence-corrected chi connectivity index (χ4v) is 1.84. The van der Waals surface area contributed by atoms with Gasteiger partial charge in [0.25, 0.3) is 0 Å². The van der Waals surface area contributed by atoms with Crippen LogP contribution in [0.2, 0.25) is 5.02 Å². The first-order chi connectivity index (χ1) is 7.72. The van der Waals surface area contributed by atoms with Crippen molar-refractivity contribution in [1.29, 1.82) is 0 Å². The van der Waals surface area contributed by atoms with Crippen molar-refractivity contribution in [2.75, 3.05) is 27.2 Å². The van der Waals surface area contributed by atoms with Crippen molar-refractivity contribution in [3.8, 4) is 5.75 Å². The summed E-state index contributed by atoms with van der Waals surface area (Å²) in [5, 5.41) is 7.04. The van der Waals surface area contributed by atoms with Crippen LogP contribution in [0.3, 0.4) is 0 Å². The molecule has 1 unspecified atom stereocenters. The lowest BCUT2D eigenvalue weighted by Gasteiger charge is -2.17. The van der Waals surface area contributed by atoms with E-state index in [0.29, 0.717) is 11.6 Å². The lowest BCUT2D eigenvalue weighted by Crippen LogP contribution is -2.27. The number of rotatable bonds is 6. The van der Waals surface area contributed by atoms with Crippen LogP contribution in [0.5, 0.6) is 5.75 Å². The summed E-state index contributed by atoms with van der Waals surface area (Å²) >= 11 is 6.14. The third kappa shape index (κ3) is 3.37. The molecule has 0 aliphatic heterocycles. The lowest BCUT2D eigenvalue weighted by molar-refractivity contribution is 0.340. The second kappa shape index (κ2) is 6.74. The highest BCUT2D eigenvalue weighted by molar-refractivity contribution is 6.32. The van der Waals surface area contributed by atoms with Gasteiger partial charge in [0, 0.05) is 12.6 Å². The number of benzene rings is 1. The van der Waals surface area contributed by atoms with Gasteiger partial charge in [0.1, 0.15) is 5.75 Å². The molecule has 0 saturated carbocycles. The Hall–Kier alpha value is -0.770. The molecule has 0 heterocycles. The van der Waals surface area contributed by atoms with Crippen molar-refractivity contribution in [3.05, 3.63) is 28.8 Å². The van der Waals surface area contributed by atoms with Crippen LogP contribution in [0.4, 0.5) is 0 Å². The third-order valence-corrected chi connectivity index (χ3v) is 2.71. The molecule has 3 nitrogen and oxygen atoms in total. The predicted molar refractivity (Wildman–Crippen MR) is 68.3 cm³/mol. The lowest BCUT2D eigenvalue weighted by atomic mass is 10.1. The van der Waals surface area contributed by atoms with Gasteiger partial charge in [-0.1, -0.05) is 17.7 Å². The molecule has 0 saturated heterocycles. The zero-order chi connectivity index (χ0) is 12.0. The summed E-state index contributed by atoms with van der Waals surface area (Å²) in [5.41, 5.74) is 1.16. The van der Waals surface area contributed by atoms with Crippen LogP contribution >= 0.6 is 11.6 Å². The molecule has 4 heteroatoms. The number of likely N-dealkylation sites (N-methyl/N-ethyl adjacent to an activating group) is 2. The van der Waals surface area contributed by atoms with E-state index >= 15 is 0 Å². The Balaban J connectivity index is 2.85. The fourth-order valence-electron chi connectivity index (χ4n) is 1.60. The highest BCUT2D eigenvalue weighted by Crippen LogP contribution is 2.27. The Morgan fingerprint density at radius 2 is 2.12 bits per heavy atom. The van der Waals surface area contributed by atoms with Gasteiger partial charge in [0.2, 0.25) is 0 Å². The Morgan fingerprint density at radius 3 is 2.62 bits per heavy atom. The SMILES string of the molecule is CCOc1ccc(C(CNC)NC)cc1Cl. The second-order valence-electron chi connectivity index (χ2n) is 3.52. The van der Waals surface area contributed by atoms with Gasteiger partial charge in [-0.05, 0) is 38.7 Å². The zero-order valence-corrected chi connectivity index (χ0v) is 10.8. The first-order valence-electron chi connectivity index (χ1n) is 5.47. The van der Waals surface area contributed by atoms with E-state index in [1.807, 2.05) is 39.2 Å². The van der Waals surface area contributed by atoms with Crippen LogP contribution < -0.4 is 15.4 Å². The molecule has 0 radical (unpaired) electrons. The van der Waals surface area contributed by atoms with Crippen LogP contribution in [-0.2, 0) is 0 Å². The molecular weight excluding hydrogens is 224 g/mol. The van der Waals surface area contributed by atoms with Crippen molar-refractivity contribution < 1.29 is 4.74 Å². The smallest absolute Gasteiger partial charge is 0.137 e. The summed E-state index contributed by atoms with van der Waals surface area (Å²) in [4.78, 5) is 0. The molecule has 2 N–H and O–H groups in total. The minimum absolute atomic E-state index is 0.262. The van der Waals surface area contributed by atoms with E-state index in [1.165, 1.54) is 0 Å². The minimum atomic E-state index is 0.262. The van der Waals surface area contributed by atoms with Crippen LogP contribution in [0.25, 0.3) is 0 Å². The van der Waals surface area contributed by atoms with E-state index in [4.69, 9.17) is 16.3 Å². The summed E-state index contributed by atoms with van der Waals surface area (Å²) in [6.45, 7) is 3.44. The number of hydrogen-bond acceptors (Lipinski definition) is 3. The molecule has 1 atom stereocenters. The normalized spacial score (nSPS) is 12.5. The van der Waals surface area contributed by atoms with Crippen molar-refractivity contribution in [2.24, 2.45) is 0 Å². The molecule has 0 aliphatic carbocycles. The van der Waals surface area contributed by atoms with Crippen molar-refractivity contribution >= 4 is 11.6 Å². The average Bonchev–Trinajstić information content (AvgIpc) is 2.29. The minimum Gasteiger partial charge on any atom is -0.492 e. The molecule has 1 rings (SSSR count). The summed E-state index contributed by atoms with van der Waals surface area (Å²) in [6, 6.07) is 6.17. The quantitative estimate of drug-likeness (QED) is 0.803. The molecule has 0 aliphatic rings. The predicted octanol–water partition coefficient (Wildman–Crippen LogP) is 2.22. The van der Waals surface area contributed by atoms with Crippen LogP contribution in [-0.4, -0.2) is 27.2 Å². The van der Waals surface area contributed by atoms with Gasteiger partial charge < -0.3 is 15.4 Å². The van der Waals surface area contributed by atoms with E-state index in [1.54, 1.807) is 0 Å². The fraction of sp³-hybridized carbons (Fsp3) is 0.500. The number of hydrogen-bond donors (Lipinski definition) is 2. The Labute approximate surface area is 102 Å². The summed E-state index contributed by atoms with van der Waals surface area (Å²) in [7, 11) is 3.87. The van der Waals surface area contributed by atoms with Gasteiger partial charge in [-0.3, -0.25) is 0 Å². The molecular formula is C12H19ClN2O. The summed E-state index contributed by atoms with van der Waals surface area (Å²) < 4.78 is 5.40. The summed E-state index contributed by atoms with van der Waals surface area (Å²) in [5.74, 6) is 0.743. The van der Waals surface area contributed by atoms with E-state index in [-0.39, 0.29) is 6.04 Å². The molecule has 0 amide bonds. The van der Waals surface area contributed by atoms with Crippen molar-refractivity contribution in [3.63, 3.8) is 0 Å². The second-order valence-corrected chi connectivity index (χ2v) is 3.93. The Morgan fingerprint density at radius 1 is 1.38 bits per heavy atom. The van der Waals surface area contributed by atoms with Crippen LogP contribution in [0.1, 0.15) is 18.5 Å². The highest BCUT2D eigenvalue weighted by atomic mass is 35.5. The standard InChI is InChI=1S/C12H19ClN2O/c1-4-16-12-6-5-9(7-10(12)13)11(15-3)8-14-2/h5-7,11,14-15H,4,8H2,1-3H3. The van der Waals surface area contributed by atoms with Gasteiger partial charge in [0.05, 0.1) is 11.6 Å². The molecule has 0 fully saturated rings. The first kappa shape index (κ1) is 13.3. The monoisotopic (exact) mass is 242 g/mol. The first-order valence-corrected chi connectivity index (χ1v) is 5.84. The van der Waals surface area contributed by atoms with Gasteiger partial charge >= 0.3 is 0 Å². The molecule has 0 aromatic heterocycles. The third-order valence-electron chi connectivity index (χ3n) is 2.41. The molecule has 0 bridgehead atoms. The number of nitrogens with one attached hydrogen (secondary N) is 2. The molecule has 1 aromatic rings. The maximum Gasteiger partial charge on any atom is 0.137 e. The van der Waals surface area contributed by atoms with Gasteiger partial charge in [0.15, 0.2) is 0 Å². The van der Waals surface area contributed by atoms with E-state index in [0.717, 1.165) is 17.9 Å². The van der Waals surface area contributed by atoms with E-state index < -0.39 is 0 Å². The van der Waals surface area contributed by atoms with E-state index in [2.05, 4.69) is 10.6 Å². The van der Waals surface area contributed by atoms with Crippen LogP contribution in [0, 0.1) is 0 Å². The van der Waals surface area contributed by atoms with Gasteiger partial charge in [-0.15, -0.1) is 0 Å². The zero-order valence-electron chi connectivity index (χ0n) is 10.0. The Kier molecular flexibility index (Phi) is 5.60. The van der Waals surface area contributed by atoms with E-state index in [9.17, 15) is 0 Å². The molecule has 0 spiro atoms. The van der Waals surface area contributed by atoms with Crippen molar-refractivity contribution in [1.82, 2.24) is 10.6 Å². The number of halogens is 1. The molecule has 1 aromatic carbocycles. The van der Waals surface area contributed by atoms with Crippen molar-refractivity contribution in [2.45, 2.75) is 13.0 Å². The molecule has 16 heavy (non-hydrogen) atoms. The van der Waals surface area contributed by atoms with Crippen LogP contribution in [0.15, 0.2) is 18.2 Å². The maximum absolute atomic E-state index is 6.14. The summed E-state index contributed by atoms with van der Waals surface area (Å²) in [6.07, 6.45) is 0. The highest BCUT2D eigenvalue weighted by Gasteiger charge is 2.10. The molecule has 90 valence electrons. The topological polar surface area (TPSA) is 33.3 Å². The Bertz CT molecular complexity index is 331.